The number of hydrogen-bond donors (Lipinski definition) is 2. The van der Waals surface area contributed by atoms with Crippen molar-refractivity contribution in [2.45, 2.75) is 45.2 Å². The first-order chi connectivity index (χ1) is 12.6. The van der Waals surface area contributed by atoms with E-state index in [0.717, 1.165) is 24.8 Å². The van der Waals surface area contributed by atoms with Gasteiger partial charge in [0.15, 0.2) is 5.96 Å². The highest BCUT2D eigenvalue weighted by Crippen LogP contribution is 2.12. The molecule has 26 heavy (non-hydrogen) atoms. The summed E-state index contributed by atoms with van der Waals surface area (Å²) in [5.74, 6) is 1.34. The number of alkyl halides is 2. The van der Waals surface area contributed by atoms with E-state index >= 15 is 0 Å². The number of guanidine groups is 1. The largest absolute Gasteiger partial charge is 0.478 e. The number of aromatic nitrogens is 1. The van der Waals surface area contributed by atoms with Crippen LogP contribution in [0.5, 0.6) is 5.88 Å². The van der Waals surface area contributed by atoms with E-state index in [1.165, 1.54) is 0 Å². The smallest absolute Gasteiger partial charge is 0.251 e. The summed E-state index contributed by atoms with van der Waals surface area (Å²) in [6.45, 7) is 4.55. The van der Waals surface area contributed by atoms with Crippen molar-refractivity contribution in [1.82, 2.24) is 20.5 Å². The summed E-state index contributed by atoms with van der Waals surface area (Å²) in [7, 11) is 1.72. The SMILES string of the molecule is CCCOc1ccc(CNC(=NC)NC2CCN(CC(F)F)CC2)cn1. The molecule has 0 spiro atoms. The number of halogens is 2. The Kier molecular flexibility index (Phi) is 8.53. The van der Waals surface area contributed by atoms with Gasteiger partial charge in [0.05, 0.1) is 13.2 Å². The van der Waals surface area contributed by atoms with Crippen LogP contribution in [0, 0.1) is 0 Å². The zero-order valence-corrected chi connectivity index (χ0v) is 15.5. The van der Waals surface area contributed by atoms with Crippen molar-refractivity contribution >= 4 is 5.96 Å². The van der Waals surface area contributed by atoms with E-state index in [1.54, 1.807) is 13.2 Å². The Morgan fingerprint density at radius 3 is 2.73 bits per heavy atom. The van der Waals surface area contributed by atoms with Crippen LogP contribution < -0.4 is 15.4 Å². The van der Waals surface area contributed by atoms with Crippen molar-refractivity contribution in [3.05, 3.63) is 23.9 Å². The van der Waals surface area contributed by atoms with E-state index in [0.29, 0.717) is 38.1 Å². The second-order valence-corrected chi connectivity index (χ2v) is 6.39. The molecule has 1 aromatic heterocycles. The third-order valence-corrected chi connectivity index (χ3v) is 4.26. The maximum absolute atomic E-state index is 12.4. The summed E-state index contributed by atoms with van der Waals surface area (Å²) in [6.07, 6.45) is 2.14. The van der Waals surface area contributed by atoms with Gasteiger partial charge in [-0.05, 0) is 24.8 Å². The molecule has 146 valence electrons. The predicted octanol–water partition coefficient (Wildman–Crippen LogP) is 2.26. The van der Waals surface area contributed by atoms with E-state index in [-0.39, 0.29) is 12.6 Å². The second-order valence-electron chi connectivity index (χ2n) is 6.39. The molecule has 0 saturated carbocycles. The highest BCUT2D eigenvalue weighted by atomic mass is 19.3. The van der Waals surface area contributed by atoms with Gasteiger partial charge in [-0.2, -0.15) is 0 Å². The van der Waals surface area contributed by atoms with Crippen LogP contribution in [0.15, 0.2) is 23.3 Å². The lowest BCUT2D eigenvalue weighted by atomic mass is 10.1. The first-order valence-electron chi connectivity index (χ1n) is 9.16. The summed E-state index contributed by atoms with van der Waals surface area (Å²) >= 11 is 0. The lowest BCUT2D eigenvalue weighted by Crippen LogP contribution is -2.49. The van der Waals surface area contributed by atoms with E-state index in [1.807, 2.05) is 17.0 Å². The number of nitrogens with one attached hydrogen (secondary N) is 2. The van der Waals surface area contributed by atoms with Crippen LogP contribution in [-0.2, 0) is 6.54 Å². The molecule has 2 rings (SSSR count). The fraction of sp³-hybridized carbons (Fsp3) is 0.667. The number of piperidine rings is 1. The molecule has 2 N–H and O–H groups in total. The minimum absolute atomic E-state index is 0.134. The van der Waals surface area contributed by atoms with Gasteiger partial charge in [-0.1, -0.05) is 13.0 Å². The van der Waals surface area contributed by atoms with Gasteiger partial charge in [-0.3, -0.25) is 9.89 Å². The molecule has 0 bridgehead atoms. The third kappa shape index (κ3) is 7.11. The number of likely N-dealkylation sites (tertiary alicyclic amines) is 1. The molecule has 1 saturated heterocycles. The molecule has 0 aliphatic carbocycles. The molecule has 6 nitrogen and oxygen atoms in total. The van der Waals surface area contributed by atoms with Gasteiger partial charge in [0.2, 0.25) is 5.88 Å². The first kappa shape index (κ1) is 20.4. The Morgan fingerprint density at radius 1 is 1.38 bits per heavy atom. The Bertz CT molecular complexity index is 545. The maximum atomic E-state index is 12.4. The van der Waals surface area contributed by atoms with Gasteiger partial charge in [-0.15, -0.1) is 0 Å². The number of rotatable bonds is 8. The van der Waals surface area contributed by atoms with Crippen molar-refractivity contribution in [2.24, 2.45) is 4.99 Å². The van der Waals surface area contributed by atoms with Crippen LogP contribution in [0.3, 0.4) is 0 Å². The zero-order chi connectivity index (χ0) is 18.8. The lowest BCUT2D eigenvalue weighted by Gasteiger charge is -2.32. The number of hydrogen-bond acceptors (Lipinski definition) is 4. The molecule has 0 unspecified atom stereocenters. The van der Waals surface area contributed by atoms with Crippen LogP contribution in [0.1, 0.15) is 31.7 Å². The summed E-state index contributed by atoms with van der Waals surface area (Å²) < 4.78 is 30.3. The predicted molar refractivity (Wildman–Crippen MR) is 98.8 cm³/mol. The van der Waals surface area contributed by atoms with Crippen molar-refractivity contribution in [3.8, 4) is 5.88 Å². The molecule has 1 aliphatic heterocycles. The Hall–Kier alpha value is -1.96. The van der Waals surface area contributed by atoms with Crippen molar-refractivity contribution in [1.29, 1.82) is 0 Å². The summed E-state index contributed by atoms with van der Waals surface area (Å²) in [5.41, 5.74) is 1.03. The van der Waals surface area contributed by atoms with Crippen LogP contribution in [0.25, 0.3) is 0 Å². The van der Waals surface area contributed by atoms with Crippen LogP contribution in [0.2, 0.25) is 0 Å². The van der Waals surface area contributed by atoms with E-state index < -0.39 is 6.43 Å². The minimum atomic E-state index is -2.26. The molecule has 0 atom stereocenters. The standard InChI is InChI=1S/C18H29F2N5O/c1-3-10-26-17-5-4-14(11-22-17)12-23-18(21-2)24-15-6-8-25(9-7-15)13-16(19)20/h4-5,11,15-16H,3,6-10,12-13H2,1-2H3,(H2,21,23,24). The van der Waals surface area contributed by atoms with Crippen molar-refractivity contribution < 1.29 is 13.5 Å². The number of ether oxygens (including phenoxy) is 1. The van der Waals surface area contributed by atoms with Gasteiger partial charge >= 0.3 is 0 Å². The number of aliphatic imine (C=N–C) groups is 1. The lowest BCUT2D eigenvalue weighted by molar-refractivity contribution is 0.0744. The summed E-state index contributed by atoms with van der Waals surface area (Å²) in [5, 5.41) is 6.63. The summed E-state index contributed by atoms with van der Waals surface area (Å²) in [6, 6.07) is 4.08. The number of pyridine rings is 1. The molecule has 2 heterocycles. The maximum Gasteiger partial charge on any atom is 0.251 e. The monoisotopic (exact) mass is 369 g/mol. The molecule has 1 aromatic rings. The van der Waals surface area contributed by atoms with E-state index in [4.69, 9.17) is 4.74 Å². The van der Waals surface area contributed by atoms with Gasteiger partial charge in [-0.25, -0.2) is 13.8 Å². The average molecular weight is 369 g/mol. The zero-order valence-electron chi connectivity index (χ0n) is 15.5. The van der Waals surface area contributed by atoms with Gasteiger partial charge in [0.1, 0.15) is 0 Å². The highest BCUT2D eigenvalue weighted by molar-refractivity contribution is 5.79. The molecular formula is C18H29F2N5O. The fourth-order valence-corrected chi connectivity index (χ4v) is 2.84. The fourth-order valence-electron chi connectivity index (χ4n) is 2.84. The molecule has 0 amide bonds. The number of nitrogens with zero attached hydrogens (tertiary/aromatic N) is 3. The Morgan fingerprint density at radius 2 is 2.15 bits per heavy atom. The molecule has 1 aliphatic rings. The third-order valence-electron chi connectivity index (χ3n) is 4.26. The topological polar surface area (TPSA) is 61.8 Å². The minimum Gasteiger partial charge on any atom is -0.478 e. The first-order valence-corrected chi connectivity index (χ1v) is 9.16. The van der Waals surface area contributed by atoms with Gasteiger partial charge < -0.3 is 15.4 Å². The van der Waals surface area contributed by atoms with Crippen molar-refractivity contribution in [3.63, 3.8) is 0 Å². The summed E-state index contributed by atoms with van der Waals surface area (Å²) in [4.78, 5) is 10.3. The second kappa shape index (κ2) is 10.9. The van der Waals surface area contributed by atoms with E-state index in [2.05, 4.69) is 27.5 Å². The van der Waals surface area contributed by atoms with E-state index in [9.17, 15) is 8.78 Å². The quantitative estimate of drug-likeness (QED) is 0.544. The molecular weight excluding hydrogens is 340 g/mol. The Balaban J connectivity index is 1.73. The van der Waals surface area contributed by atoms with Gasteiger partial charge in [0, 0.05) is 45.0 Å². The average Bonchev–Trinajstić information content (AvgIpc) is 2.65. The van der Waals surface area contributed by atoms with Crippen molar-refractivity contribution in [2.75, 3.05) is 33.3 Å². The van der Waals surface area contributed by atoms with Crippen LogP contribution >= 0.6 is 0 Å². The van der Waals surface area contributed by atoms with Gasteiger partial charge in [0.25, 0.3) is 6.43 Å². The molecule has 1 fully saturated rings. The van der Waals surface area contributed by atoms with Crippen LogP contribution in [-0.4, -0.2) is 61.6 Å². The normalized spacial score (nSPS) is 16.7. The highest BCUT2D eigenvalue weighted by Gasteiger charge is 2.21. The Labute approximate surface area is 154 Å². The molecule has 0 radical (unpaired) electrons. The molecule has 0 aromatic carbocycles. The van der Waals surface area contributed by atoms with Crippen LogP contribution in [0.4, 0.5) is 8.78 Å². The molecule has 8 heteroatoms.